The Labute approximate surface area is 105 Å². The van der Waals surface area contributed by atoms with E-state index in [2.05, 4.69) is 10.4 Å². The molecule has 1 heterocycles. The van der Waals surface area contributed by atoms with Crippen LogP contribution in [0.5, 0.6) is 0 Å². The summed E-state index contributed by atoms with van der Waals surface area (Å²) in [5.74, 6) is -1.23. The molecule has 0 amide bonds. The van der Waals surface area contributed by atoms with Gasteiger partial charge in [0.2, 0.25) is 0 Å². The second kappa shape index (κ2) is 6.10. The Morgan fingerprint density at radius 3 is 2.83 bits per heavy atom. The maximum atomic E-state index is 11.8. The van der Waals surface area contributed by atoms with Gasteiger partial charge in [-0.25, -0.2) is 4.79 Å². The Bertz CT molecular complexity index is 420. The first-order chi connectivity index (χ1) is 8.31. The Morgan fingerprint density at radius 1 is 1.61 bits per heavy atom. The predicted octanol–water partition coefficient (Wildman–Crippen LogP) is 1.46. The number of hydrogen-bond acceptors (Lipinski definition) is 4. The van der Waals surface area contributed by atoms with Crippen LogP contribution in [0.25, 0.3) is 0 Å². The molecule has 0 fully saturated rings. The molecule has 0 saturated carbocycles. The van der Waals surface area contributed by atoms with Crippen molar-refractivity contribution in [3.05, 3.63) is 17.5 Å². The lowest BCUT2D eigenvalue weighted by Gasteiger charge is -2.08. The predicted molar refractivity (Wildman–Crippen MR) is 60.4 cm³/mol. The van der Waals surface area contributed by atoms with Crippen LogP contribution in [0, 0.1) is 0 Å². The van der Waals surface area contributed by atoms with Gasteiger partial charge in [0.25, 0.3) is 0 Å². The summed E-state index contributed by atoms with van der Waals surface area (Å²) < 4.78 is 36.9. The van der Waals surface area contributed by atoms with Crippen molar-refractivity contribution >= 4 is 17.7 Å². The van der Waals surface area contributed by atoms with Crippen LogP contribution in [-0.4, -0.2) is 38.7 Å². The number of alkyl halides is 3. The standard InChI is InChI=1S/C9H12F3N3O2S/c1-15-7(6(4-14-15)8(16)17)5-13-2-3-18-9(10,11)12/h4,13H,2-3,5H2,1H3,(H,16,17). The van der Waals surface area contributed by atoms with Crippen molar-refractivity contribution in [3.8, 4) is 0 Å². The molecule has 0 saturated heterocycles. The van der Waals surface area contributed by atoms with Crippen LogP contribution in [-0.2, 0) is 13.6 Å². The highest BCUT2D eigenvalue weighted by atomic mass is 32.2. The van der Waals surface area contributed by atoms with Crippen LogP contribution >= 0.6 is 11.8 Å². The van der Waals surface area contributed by atoms with Gasteiger partial charge in [0, 0.05) is 25.9 Å². The van der Waals surface area contributed by atoms with Gasteiger partial charge in [-0.2, -0.15) is 18.3 Å². The summed E-state index contributed by atoms with van der Waals surface area (Å²) in [6, 6.07) is 0. The van der Waals surface area contributed by atoms with E-state index in [0.717, 1.165) is 0 Å². The van der Waals surface area contributed by atoms with Crippen molar-refractivity contribution in [1.29, 1.82) is 0 Å². The van der Waals surface area contributed by atoms with Gasteiger partial charge in [0.15, 0.2) is 0 Å². The van der Waals surface area contributed by atoms with Gasteiger partial charge < -0.3 is 10.4 Å². The van der Waals surface area contributed by atoms with Crippen LogP contribution < -0.4 is 5.32 Å². The van der Waals surface area contributed by atoms with Crippen molar-refractivity contribution < 1.29 is 23.1 Å². The summed E-state index contributed by atoms with van der Waals surface area (Å²) in [4.78, 5) is 10.8. The molecule has 18 heavy (non-hydrogen) atoms. The quantitative estimate of drug-likeness (QED) is 0.774. The Hall–Kier alpha value is -1.22. The van der Waals surface area contributed by atoms with E-state index in [9.17, 15) is 18.0 Å². The summed E-state index contributed by atoms with van der Waals surface area (Å²) in [5.41, 5.74) is -3.76. The third-order valence-corrected chi connectivity index (χ3v) is 2.86. The largest absolute Gasteiger partial charge is 0.478 e. The van der Waals surface area contributed by atoms with Gasteiger partial charge in [-0.1, -0.05) is 0 Å². The fourth-order valence-corrected chi connectivity index (χ4v) is 1.77. The van der Waals surface area contributed by atoms with Crippen LogP contribution in [0.2, 0.25) is 0 Å². The zero-order chi connectivity index (χ0) is 13.8. The van der Waals surface area contributed by atoms with Crippen LogP contribution in [0.15, 0.2) is 6.20 Å². The smallest absolute Gasteiger partial charge is 0.441 e. The minimum Gasteiger partial charge on any atom is -0.478 e. The molecular formula is C9H12F3N3O2S. The summed E-state index contributed by atoms with van der Waals surface area (Å²) in [6.45, 7) is 0.297. The van der Waals surface area contributed by atoms with E-state index in [1.54, 1.807) is 7.05 Å². The Balaban J connectivity index is 2.40. The molecule has 1 aromatic rings. The Morgan fingerprint density at radius 2 is 2.28 bits per heavy atom. The first-order valence-corrected chi connectivity index (χ1v) is 5.95. The average Bonchev–Trinajstić information content (AvgIpc) is 2.58. The summed E-state index contributed by atoms with van der Waals surface area (Å²) in [5, 5.41) is 15.4. The van der Waals surface area contributed by atoms with Crippen molar-refractivity contribution in [2.75, 3.05) is 12.3 Å². The van der Waals surface area contributed by atoms with Gasteiger partial charge in [-0.3, -0.25) is 4.68 Å². The second-order valence-corrected chi connectivity index (χ2v) is 4.56. The molecule has 1 aromatic heterocycles. The van der Waals surface area contributed by atoms with E-state index in [0.29, 0.717) is 5.69 Å². The van der Waals surface area contributed by atoms with E-state index < -0.39 is 11.5 Å². The minimum absolute atomic E-state index is 0.0495. The normalized spacial score (nSPS) is 11.8. The fourth-order valence-electron chi connectivity index (χ4n) is 1.30. The van der Waals surface area contributed by atoms with Gasteiger partial charge in [-0.15, -0.1) is 0 Å². The van der Waals surface area contributed by atoms with Crippen LogP contribution in [0.1, 0.15) is 16.1 Å². The summed E-state index contributed by atoms with van der Waals surface area (Å²) >= 11 is -0.116. The first kappa shape index (κ1) is 14.8. The highest BCUT2D eigenvalue weighted by Crippen LogP contribution is 2.29. The summed E-state index contributed by atoms with van der Waals surface area (Å²) in [7, 11) is 1.58. The number of rotatable bonds is 6. The number of thioether (sulfide) groups is 1. The van der Waals surface area contributed by atoms with Crippen LogP contribution in [0.3, 0.4) is 0 Å². The molecular weight excluding hydrogens is 271 g/mol. The topological polar surface area (TPSA) is 67.2 Å². The number of carboxylic acids is 1. The van der Waals surface area contributed by atoms with Crippen LogP contribution in [0.4, 0.5) is 13.2 Å². The molecule has 9 heteroatoms. The molecule has 2 N–H and O–H groups in total. The van der Waals surface area contributed by atoms with E-state index >= 15 is 0 Å². The lowest BCUT2D eigenvalue weighted by Crippen LogP contribution is -2.21. The number of aromatic carboxylic acids is 1. The molecule has 0 aliphatic rings. The molecule has 0 aliphatic carbocycles. The van der Waals surface area contributed by atoms with Crippen molar-refractivity contribution in [3.63, 3.8) is 0 Å². The first-order valence-electron chi connectivity index (χ1n) is 4.97. The van der Waals surface area contributed by atoms with Gasteiger partial charge in [-0.05, 0) is 11.8 Å². The molecule has 0 unspecified atom stereocenters. The summed E-state index contributed by atoms with van der Waals surface area (Å²) in [6.07, 6.45) is 1.21. The second-order valence-electron chi connectivity index (χ2n) is 3.40. The van der Waals surface area contributed by atoms with Crippen molar-refractivity contribution in [2.24, 2.45) is 7.05 Å². The third-order valence-electron chi connectivity index (χ3n) is 2.13. The highest BCUT2D eigenvalue weighted by molar-refractivity contribution is 8.00. The van der Waals surface area contributed by atoms with Gasteiger partial charge >= 0.3 is 11.5 Å². The SMILES string of the molecule is Cn1ncc(C(=O)O)c1CNCCSC(F)(F)F. The molecule has 1 rings (SSSR count). The van der Waals surface area contributed by atoms with Gasteiger partial charge in [0.05, 0.1) is 11.9 Å². The lowest BCUT2D eigenvalue weighted by atomic mass is 10.2. The number of aryl methyl sites for hydroxylation is 1. The number of aromatic nitrogens is 2. The zero-order valence-electron chi connectivity index (χ0n) is 9.49. The van der Waals surface area contributed by atoms with Crippen molar-refractivity contribution in [2.45, 2.75) is 12.1 Å². The maximum Gasteiger partial charge on any atom is 0.441 e. The van der Waals surface area contributed by atoms with E-state index in [1.807, 2.05) is 0 Å². The zero-order valence-corrected chi connectivity index (χ0v) is 10.3. The number of carbonyl (C=O) groups is 1. The van der Waals surface area contributed by atoms with E-state index in [4.69, 9.17) is 5.11 Å². The molecule has 0 spiro atoms. The maximum absolute atomic E-state index is 11.8. The number of hydrogen-bond donors (Lipinski definition) is 2. The molecule has 0 radical (unpaired) electrons. The minimum atomic E-state index is -4.24. The molecule has 102 valence electrons. The van der Waals surface area contributed by atoms with E-state index in [1.165, 1.54) is 10.9 Å². The molecule has 0 aromatic carbocycles. The number of halogens is 3. The monoisotopic (exact) mass is 283 g/mol. The third kappa shape index (κ3) is 4.57. The number of nitrogens with one attached hydrogen (secondary N) is 1. The van der Waals surface area contributed by atoms with Crippen molar-refractivity contribution in [1.82, 2.24) is 15.1 Å². The number of nitrogens with zero attached hydrogens (tertiary/aromatic N) is 2. The van der Waals surface area contributed by atoms with Gasteiger partial charge in [0.1, 0.15) is 5.56 Å². The number of carboxylic acid groups (broad SMARTS) is 1. The molecule has 0 bridgehead atoms. The molecule has 0 aliphatic heterocycles. The molecule has 5 nitrogen and oxygen atoms in total. The lowest BCUT2D eigenvalue weighted by molar-refractivity contribution is -0.0327. The molecule has 0 atom stereocenters. The fraction of sp³-hybridized carbons (Fsp3) is 0.556. The Kier molecular flexibility index (Phi) is 5.03. The average molecular weight is 283 g/mol. The highest BCUT2D eigenvalue weighted by Gasteiger charge is 2.27. The van der Waals surface area contributed by atoms with E-state index in [-0.39, 0.29) is 36.2 Å².